The molecule has 1 aliphatic rings. The van der Waals surface area contributed by atoms with E-state index in [0.717, 1.165) is 18.3 Å². The van der Waals surface area contributed by atoms with Crippen molar-refractivity contribution in [2.75, 3.05) is 36.4 Å². The van der Waals surface area contributed by atoms with Gasteiger partial charge in [0.15, 0.2) is 0 Å². The van der Waals surface area contributed by atoms with Gasteiger partial charge in [0.05, 0.1) is 5.56 Å². The van der Waals surface area contributed by atoms with Crippen LogP contribution in [0.3, 0.4) is 0 Å². The fourth-order valence-corrected chi connectivity index (χ4v) is 2.77. The summed E-state index contributed by atoms with van der Waals surface area (Å²) in [6.45, 7) is 1.58. The summed E-state index contributed by atoms with van der Waals surface area (Å²) >= 11 is 5.81. The van der Waals surface area contributed by atoms with Gasteiger partial charge in [0.2, 0.25) is 0 Å². The number of hydrogen-bond acceptors (Lipinski definition) is 3. The Hall–Kier alpha value is -2.48. The molecule has 0 saturated carbocycles. The summed E-state index contributed by atoms with van der Waals surface area (Å²) < 4.78 is 38.5. The van der Waals surface area contributed by atoms with Crippen LogP contribution in [-0.4, -0.2) is 42.1 Å². The molecule has 9 heteroatoms. The number of nitrogens with zero attached hydrogens (tertiary/aromatic N) is 3. The van der Waals surface area contributed by atoms with E-state index < -0.39 is 11.7 Å². The van der Waals surface area contributed by atoms with Crippen LogP contribution in [0.1, 0.15) is 5.56 Å². The molecule has 1 aromatic heterocycles. The van der Waals surface area contributed by atoms with Crippen molar-refractivity contribution in [3.63, 3.8) is 0 Å². The zero-order chi connectivity index (χ0) is 18.7. The number of benzene rings is 1. The lowest BCUT2D eigenvalue weighted by molar-refractivity contribution is -0.137. The first kappa shape index (κ1) is 18.3. The first-order chi connectivity index (χ1) is 12.3. The lowest BCUT2D eigenvalue weighted by atomic mass is 10.2. The van der Waals surface area contributed by atoms with Gasteiger partial charge in [-0.2, -0.15) is 13.2 Å². The number of alkyl halides is 3. The number of rotatable bonds is 2. The van der Waals surface area contributed by atoms with Gasteiger partial charge in [-0.3, -0.25) is 0 Å². The monoisotopic (exact) mass is 384 g/mol. The zero-order valence-corrected chi connectivity index (χ0v) is 14.4. The minimum atomic E-state index is -4.40. The predicted octanol–water partition coefficient (Wildman–Crippen LogP) is 4.11. The molecule has 0 unspecified atom stereocenters. The van der Waals surface area contributed by atoms with Gasteiger partial charge in [-0.05, 0) is 36.4 Å². The van der Waals surface area contributed by atoms with Gasteiger partial charge >= 0.3 is 12.2 Å². The van der Waals surface area contributed by atoms with Crippen molar-refractivity contribution in [1.29, 1.82) is 0 Å². The summed E-state index contributed by atoms with van der Waals surface area (Å²) in [5, 5.41) is 3.34. The number of carbonyl (C=O) groups is 1. The largest absolute Gasteiger partial charge is 0.416 e. The number of urea groups is 1. The van der Waals surface area contributed by atoms with Crippen LogP contribution in [0.2, 0.25) is 5.02 Å². The Morgan fingerprint density at radius 1 is 1.08 bits per heavy atom. The lowest BCUT2D eigenvalue weighted by Gasteiger charge is -2.35. The Bertz CT molecular complexity index is 774. The summed E-state index contributed by atoms with van der Waals surface area (Å²) in [5.74, 6) is 0.262. The maximum Gasteiger partial charge on any atom is 0.416 e. The van der Waals surface area contributed by atoms with E-state index in [-0.39, 0.29) is 11.8 Å². The minimum Gasteiger partial charge on any atom is -0.353 e. The summed E-state index contributed by atoms with van der Waals surface area (Å²) in [5.41, 5.74) is -0.105. The van der Waals surface area contributed by atoms with Crippen LogP contribution in [0.25, 0.3) is 0 Å². The van der Waals surface area contributed by atoms with Crippen molar-refractivity contribution in [3.05, 3.63) is 53.2 Å². The van der Waals surface area contributed by atoms with E-state index in [1.807, 2.05) is 0 Å². The molecule has 0 spiro atoms. The average molecular weight is 385 g/mol. The molecular formula is C17H16ClF3N4O. The van der Waals surface area contributed by atoms with Crippen molar-refractivity contribution in [3.8, 4) is 0 Å². The molecule has 2 amide bonds. The molecular weight excluding hydrogens is 369 g/mol. The third-order valence-corrected chi connectivity index (χ3v) is 4.31. The van der Waals surface area contributed by atoms with Gasteiger partial charge in [0.1, 0.15) is 5.82 Å². The molecule has 0 aliphatic carbocycles. The van der Waals surface area contributed by atoms with Gasteiger partial charge in [-0.15, -0.1) is 0 Å². The molecule has 26 heavy (non-hydrogen) atoms. The first-order valence-corrected chi connectivity index (χ1v) is 8.30. The molecule has 1 aliphatic heterocycles. The van der Waals surface area contributed by atoms with Gasteiger partial charge < -0.3 is 15.1 Å². The summed E-state index contributed by atoms with van der Waals surface area (Å²) in [6.07, 6.45) is -3.25. The zero-order valence-electron chi connectivity index (χ0n) is 13.6. The smallest absolute Gasteiger partial charge is 0.353 e. The molecule has 138 valence electrons. The third-order valence-electron chi connectivity index (χ3n) is 4.06. The van der Waals surface area contributed by atoms with Crippen LogP contribution in [-0.2, 0) is 6.18 Å². The maximum absolute atomic E-state index is 12.8. The Kier molecular flexibility index (Phi) is 5.22. The highest BCUT2D eigenvalue weighted by molar-refractivity contribution is 6.30. The van der Waals surface area contributed by atoms with E-state index in [4.69, 9.17) is 11.6 Å². The molecule has 1 N–H and O–H groups in total. The summed E-state index contributed by atoms with van der Waals surface area (Å²) in [4.78, 5) is 19.6. The second kappa shape index (κ2) is 7.41. The molecule has 0 bridgehead atoms. The Labute approximate surface area is 153 Å². The highest BCUT2D eigenvalue weighted by atomic mass is 35.5. The van der Waals surface area contributed by atoms with E-state index in [0.29, 0.717) is 36.9 Å². The van der Waals surface area contributed by atoms with Gasteiger partial charge in [0.25, 0.3) is 0 Å². The Morgan fingerprint density at radius 2 is 1.73 bits per heavy atom. The van der Waals surface area contributed by atoms with Gasteiger partial charge in [-0.1, -0.05) is 11.6 Å². The van der Waals surface area contributed by atoms with E-state index in [1.54, 1.807) is 34.1 Å². The standard InChI is InChI=1S/C17H16ClF3N4O/c18-13-1-3-14(4-2-13)23-16(26)25-9-7-24(8-10-25)15-11-12(5-6-22-15)17(19,20)21/h1-6,11H,7-10H2,(H,23,26). The van der Waals surface area contributed by atoms with Gasteiger partial charge in [0, 0.05) is 43.1 Å². The molecule has 0 radical (unpaired) electrons. The van der Waals surface area contributed by atoms with Crippen molar-refractivity contribution in [2.24, 2.45) is 0 Å². The van der Waals surface area contributed by atoms with Crippen molar-refractivity contribution in [1.82, 2.24) is 9.88 Å². The van der Waals surface area contributed by atoms with E-state index >= 15 is 0 Å². The summed E-state index contributed by atoms with van der Waals surface area (Å²) in [6, 6.07) is 8.46. The Morgan fingerprint density at radius 3 is 2.35 bits per heavy atom. The third kappa shape index (κ3) is 4.37. The normalized spacial score (nSPS) is 15.1. The van der Waals surface area contributed by atoms with E-state index in [1.165, 1.54) is 0 Å². The molecule has 1 fully saturated rings. The Balaban J connectivity index is 1.59. The summed E-state index contributed by atoms with van der Waals surface area (Å²) in [7, 11) is 0. The molecule has 1 aromatic carbocycles. The second-order valence-corrected chi connectivity index (χ2v) is 6.25. The SMILES string of the molecule is O=C(Nc1ccc(Cl)cc1)N1CCN(c2cc(C(F)(F)F)ccn2)CC1. The number of hydrogen-bond donors (Lipinski definition) is 1. The number of anilines is 2. The lowest BCUT2D eigenvalue weighted by Crippen LogP contribution is -2.50. The van der Waals surface area contributed by atoms with Crippen molar-refractivity contribution in [2.45, 2.75) is 6.18 Å². The fraction of sp³-hybridized carbons (Fsp3) is 0.294. The van der Waals surface area contributed by atoms with Crippen molar-refractivity contribution >= 4 is 29.1 Å². The van der Waals surface area contributed by atoms with Crippen LogP contribution in [0.4, 0.5) is 29.5 Å². The first-order valence-electron chi connectivity index (χ1n) is 7.92. The number of piperazine rings is 1. The van der Waals surface area contributed by atoms with E-state index in [9.17, 15) is 18.0 Å². The van der Waals surface area contributed by atoms with Crippen LogP contribution in [0.15, 0.2) is 42.6 Å². The number of carbonyl (C=O) groups excluding carboxylic acids is 1. The maximum atomic E-state index is 12.8. The molecule has 3 rings (SSSR count). The highest BCUT2D eigenvalue weighted by Gasteiger charge is 2.31. The molecule has 2 heterocycles. The van der Waals surface area contributed by atoms with Crippen LogP contribution >= 0.6 is 11.6 Å². The van der Waals surface area contributed by atoms with E-state index in [2.05, 4.69) is 10.3 Å². The van der Waals surface area contributed by atoms with Crippen LogP contribution in [0.5, 0.6) is 0 Å². The number of aromatic nitrogens is 1. The topological polar surface area (TPSA) is 48.5 Å². The average Bonchev–Trinajstić information content (AvgIpc) is 2.63. The van der Waals surface area contributed by atoms with Crippen LogP contribution < -0.4 is 10.2 Å². The predicted molar refractivity (Wildman–Crippen MR) is 93.5 cm³/mol. The highest BCUT2D eigenvalue weighted by Crippen LogP contribution is 2.30. The molecule has 1 saturated heterocycles. The molecule has 2 aromatic rings. The van der Waals surface area contributed by atoms with Crippen molar-refractivity contribution < 1.29 is 18.0 Å². The van der Waals surface area contributed by atoms with Gasteiger partial charge in [-0.25, -0.2) is 9.78 Å². The number of pyridine rings is 1. The quantitative estimate of drug-likeness (QED) is 0.847. The van der Waals surface area contributed by atoms with Crippen LogP contribution in [0, 0.1) is 0 Å². The molecule has 5 nitrogen and oxygen atoms in total. The molecule has 0 atom stereocenters. The number of nitrogens with one attached hydrogen (secondary N) is 1. The minimum absolute atomic E-state index is 0.260. The fourth-order valence-electron chi connectivity index (χ4n) is 2.64. The number of halogens is 4. The number of amides is 2. The second-order valence-electron chi connectivity index (χ2n) is 5.81.